The van der Waals surface area contributed by atoms with Crippen LogP contribution in [0.3, 0.4) is 0 Å². The van der Waals surface area contributed by atoms with Gasteiger partial charge in [-0.15, -0.1) is 0 Å². The van der Waals surface area contributed by atoms with E-state index >= 15 is 0 Å². The fourth-order valence-electron chi connectivity index (χ4n) is 2.35. The molecule has 0 aliphatic rings. The van der Waals surface area contributed by atoms with Crippen LogP contribution in [0.2, 0.25) is 0 Å². The second-order valence-corrected chi connectivity index (χ2v) is 6.19. The molecule has 0 heterocycles. The van der Waals surface area contributed by atoms with Crippen LogP contribution in [0.1, 0.15) is 35.6 Å². The van der Waals surface area contributed by atoms with Crippen LogP contribution in [-0.2, 0) is 6.42 Å². The third-order valence-electron chi connectivity index (χ3n) is 3.54. The van der Waals surface area contributed by atoms with Crippen molar-refractivity contribution in [2.75, 3.05) is 0 Å². The highest BCUT2D eigenvalue weighted by atomic mass is 19.1. The van der Waals surface area contributed by atoms with Crippen molar-refractivity contribution in [1.82, 2.24) is 0 Å². The van der Waals surface area contributed by atoms with Gasteiger partial charge in [-0.2, -0.15) is 0 Å². The van der Waals surface area contributed by atoms with E-state index in [-0.39, 0.29) is 5.82 Å². The summed E-state index contributed by atoms with van der Waals surface area (Å²) in [5.74, 6) is -0.162. The molecule has 0 radical (unpaired) electrons. The summed E-state index contributed by atoms with van der Waals surface area (Å²) in [7, 11) is 0. The summed E-state index contributed by atoms with van der Waals surface area (Å²) < 4.78 is 12.2. The van der Waals surface area contributed by atoms with Gasteiger partial charge in [0, 0.05) is 0 Å². The molecule has 0 unspecified atom stereocenters. The Hall–Kier alpha value is -2.41. The van der Waals surface area contributed by atoms with E-state index in [9.17, 15) is 4.39 Å². The monoisotopic (exact) mass is 336 g/mol. The van der Waals surface area contributed by atoms with Crippen molar-refractivity contribution in [3.63, 3.8) is 0 Å². The van der Waals surface area contributed by atoms with Crippen LogP contribution >= 0.6 is 0 Å². The van der Waals surface area contributed by atoms with Crippen LogP contribution in [0.25, 0.3) is 0 Å². The second-order valence-electron chi connectivity index (χ2n) is 6.19. The molecule has 25 heavy (non-hydrogen) atoms. The maximum atomic E-state index is 12.2. The Bertz CT molecular complexity index is 639. The van der Waals surface area contributed by atoms with E-state index in [2.05, 4.69) is 75.4 Å². The van der Waals surface area contributed by atoms with Gasteiger partial charge in [-0.3, -0.25) is 0 Å². The third-order valence-corrected chi connectivity index (χ3v) is 3.54. The van der Waals surface area contributed by atoms with Gasteiger partial charge in [0.25, 0.3) is 0 Å². The lowest BCUT2D eigenvalue weighted by Crippen LogP contribution is -1.78. The molecule has 3 aromatic rings. The van der Waals surface area contributed by atoms with E-state index in [1.54, 1.807) is 6.07 Å². The van der Waals surface area contributed by atoms with E-state index in [0.29, 0.717) is 0 Å². The molecule has 0 aromatic heterocycles. The molecule has 0 saturated carbocycles. The van der Waals surface area contributed by atoms with Gasteiger partial charge in [0.15, 0.2) is 0 Å². The predicted octanol–water partition coefficient (Wildman–Crippen LogP) is 7.08. The quantitative estimate of drug-likeness (QED) is 0.469. The molecule has 0 atom stereocenters. The summed E-state index contributed by atoms with van der Waals surface area (Å²) in [6, 6.07) is 25.5. The van der Waals surface area contributed by atoms with Crippen LogP contribution in [0, 0.1) is 26.6 Å². The summed E-state index contributed by atoms with van der Waals surface area (Å²) in [6.45, 7) is 8.27. The molecule has 0 bridgehead atoms. The highest BCUT2D eigenvalue weighted by Crippen LogP contribution is 2.01. The smallest absolute Gasteiger partial charge is 0.123 e. The molecular weight excluding hydrogens is 307 g/mol. The Balaban J connectivity index is 0.000000188. The van der Waals surface area contributed by atoms with Crippen molar-refractivity contribution in [2.45, 2.75) is 40.5 Å². The standard InChI is InChI=1S/C9H12.C8H10.C7H7F/c1-2-6-9-7-4-3-5-8-9;1-7-4-3-5-8(2)6-7;1-6-3-2-4-7(8)5-6/h3-5,7-8H,2,6H2,1H3;3-6H,1-2H3;2-5H,1H3. The third kappa shape index (κ3) is 10.1. The largest absolute Gasteiger partial charge is 0.207 e. The highest BCUT2D eigenvalue weighted by Gasteiger charge is 1.85. The van der Waals surface area contributed by atoms with E-state index in [1.807, 2.05) is 13.0 Å². The topological polar surface area (TPSA) is 0 Å². The minimum atomic E-state index is -0.162. The highest BCUT2D eigenvalue weighted by molar-refractivity contribution is 5.20. The summed E-state index contributed by atoms with van der Waals surface area (Å²) in [5.41, 5.74) is 5.08. The minimum absolute atomic E-state index is 0.162. The molecule has 0 N–H and O–H groups in total. The number of halogens is 1. The molecule has 1 heteroatoms. The number of benzene rings is 3. The van der Waals surface area contributed by atoms with Gasteiger partial charge in [-0.05, 0) is 50.5 Å². The van der Waals surface area contributed by atoms with Gasteiger partial charge in [-0.1, -0.05) is 91.2 Å². The zero-order chi connectivity index (χ0) is 18.5. The lowest BCUT2D eigenvalue weighted by Gasteiger charge is -1.93. The van der Waals surface area contributed by atoms with Crippen molar-refractivity contribution in [1.29, 1.82) is 0 Å². The van der Waals surface area contributed by atoms with Crippen molar-refractivity contribution >= 4 is 0 Å². The maximum Gasteiger partial charge on any atom is 0.123 e. The van der Waals surface area contributed by atoms with Crippen LogP contribution in [0.4, 0.5) is 4.39 Å². The van der Waals surface area contributed by atoms with Crippen LogP contribution < -0.4 is 0 Å². The summed E-state index contributed by atoms with van der Waals surface area (Å²) in [5, 5.41) is 0. The van der Waals surface area contributed by atoms with Gasteiger partial charge in [0.1, 0.15) is 5.82 Å². The van der Waals surface area contributed by atoms with Gasteiger partial charge >= 0.3 is 0 Å². The average molecular weight is 336 g/mol. The summed E-state index contributed by atoms with van der Waals surface area (Å²) >= 11 is 0. The van der Waals surface area contributed by atoms with Crippen LogP contribution in [0.5, 0.6) is 0 Å². The van der Waals surface area contributed by atoms with E-state index in [1.165, 1.54) is 41.7 Å². The summed E-state index contributed by atoms with van der Waals surface area (Å²) in [6.07, 6.45) is 2.45. The average Bonchev–Trinajstić information content (AvgIpc) is 2.57. The second kappa shape index (κ2) is 12.0. The van der Waals surface area contributed by atoms with Crippen molar-refractivity contribution in [3.8, 4) is 0 Å². The van der Waals surface area contributed by atoms with E-state index < -0.39 is 0 Å². The first-order chi connectivity index (χ1) is 12.0. The molecule has 0 aliphatic heterocycles. The van der Waals surface area contributed by atoms with Crippen LogP contribution in [0.15, 0.2) is 78.9 Å². The lowest BCUT2D eigenvalue weighted by atomic mass is 10.1. The first kappa shape index (κ1) is 20.6. The van der Waals surface area contributed by atoms with Gasteiger partial charge in [0.2, 0.25) is 0 Å². The molecule has 0 spiro atoms. The molecule has 132 valence electrons. The number of hydrogen-bond donors (Lipinski definition) is 0. The Morgan fingerprint density at radius 3 is 1.52 bits per heavy atom. The van der Waals surface area contributed by atoms with E-state index in [0.717, 1.165) is 5.56 Å². The Labute approximate surface area is 152 Å². The SMILES string of the molecule is CCCc1ccccc1.Cc1cccc(C)c1.Cc1cccc(F)c1. The van der Waals surface area contributed by atoms with Crippen molar-refractivity contribution in [2.24, 2.45) is 0 Å². The number of aryl methyl sites for hydroxylation is 4. The Kier molecular flexibility index (Phi) is 9.92. The number of rotatable bonds is 2. The lowest BCUT2D eigenvalue weighted by molar-refractivity contribution is 0.626. The van der Waals surface area contributed by atoms with E-state index in [4.69, 9.17) is 0 Å². The van der Waals surface area contributed by atoms with Crippen LogP contribution in [-0.4, -0.2) is 0 Å². The summed E-state index contributed by atoms with van der Waals surface area (Å²) in [4.78, 5) is 0. The normalized spacial score (nSPS) is 9.32. The molecule has 3 rings (SSSR count). The Morgan fingerprint density at radius 2 is 1.16 bits per heavy atom. The molecule has 0 amide bonds. The molecule has 0 aliphatic carbocycles. The fourth-order valence-corrected chi connectivity index (χ4v) is 2.35. The zero-order valence-electron chi connectivity index (χ0n) is 15.8. The predicted molar refractivity (Wildman–Crippen MR) is 107 cm³/mol. The van der Waals surface area contributed by atoms with Gasteiger partial charge in [0.05, 0.1) is 0 Å². The molecule has 3 aromatic carbocycles. The molecular formula is C24H29F. The van der Waals surface area contributed by atoms with Gasteiger partial charge < -0.3 is 0 Å². The fraction of sp³-hybridized carbons (Fsp3) is 0.250. The molecule has 0 saturated heterocycles. The number of hydrogen-bond acceptors (Lipinski definition) is 0. The maximum absolute atomic E-state index is 12.2. The van der Waals surface area contributed by atoms with Gasteiger partial charge in [-0.25, -0.2) is 4.39 Å². The first-order valence-corrected chi connectivity index (χ1v) is 8.80. The molecule has 0 nitrogen and oxygen atoms in total. The van der Waals surface area contributed by atoms with Crippen molar-refractivity contribution in [3.05, 3.63) is 107 Å². The first-order valence-electron chi connectivity index (χ1n) is 8.80. The Morgan fingerprint density at radius 1 is 0.640 bits per heavy atom. The van der Waals surface area contributed by atoms with Crippen molar-refractivity contribution < 1.29 is 4.39 Å². The minimum Gasteiger partial charge on any atom is -0.207 e. The zero-order valence-corrected chi connectivity index (χ0v) is 15.8. The molecule has 0 fully saturated rings.